The summed E-state index contributed by atoms with van der Waals surface area (Å²) in [6, 6.07) is 6.72. The summed E-state index contributed by atoms with van der Waals surface area (Å²) in [5, 5.41) is 11.2. The van der Waals surface area contributed by atoms with Crippen LogP contribution >= 0.6 is 0 Å². The van der Waals surface area contributed by atoms with Crippen LogP contribution in [-0.2, 0) is 40.0 Å². The van der Waals surface area contributed by atoms with Crippen molar-refractivity contribution in [2.45, 2.75) is 142 Å². The number of nitrogens with one attached hydrogen (secondary N) is 4. The first-order valence-electron chi connectivity index (χ1n) is 18.9. The van der Waals surface area contributed by atoms with Crippen LogP contribution in [0.15, 0.2) is 30.3 Å². The highest BCUT2D eigenvalue weighted by molar-refractivity contribution is 5.94. The van der Waals surface area contributed by atoms with Gasteiger partial charge in [0.25, 0.3) is 5.91 Å². The van der Waals surface area contributed by atoms with Crippen molar-refractivity contribution in [1.82, 2.24) is 26.2 Å². The molecule has 0 aromatic heterocycles. The maximum atomic E-state index is 14.4. The van der Waals surface area contributed by atoms with E-state index in [0.717, 1.165) is 50.5 Å². The van der Waals surface area contributed by atoms with Crippen LogP contribution < -0.4 is 21.3 Å². The Bertz CT molecular complexity index is 1430. The number of ether oxygens (including phenoxy) is 2. The van der Waals surface area contributed by atoms with Crippen LogP contribution in [0.4, 0.5) is 4.79 Å². The molecule has 1 aromatic carbocycles. The van der Waals surface area contributed by atoms with Crippen LogP contribution in [0.3, 0.4) is 0 Å². The Morgan fingerprint density at radius 2 is 1.54 bits per heavy atom. The van der Waals surface area contributed by atoms with Crippen molar-refractivity contribution in [1.29, 1.82) is 0 Å². The molecule has 0 radical (unpaired) electrons. The lowest BCUT2D eigenvalue weighted by Crippen LogP contribution is -2.59. The van der Waals surface area contributed by atoms with E-state index in [0.29, 0.717) is 25.8 Å². The standard InChI is InChI=1S/C39H59N5O8/c1-25(45)51-33(35(48)41-23-30(46)40-22-26-18-14-13-15-19-26)28-20-16-11-9-7-8-10-12-17-21-29(43-37(50)52-38(2,3)4)36(49)44-24-27-31(39(27,5)6)32(44)34(47)42-28/h13-15,18-19,27-29,31-33H,7-12,16-17,20-24H2,1-6H3,(H,40,46)(H,41,48)(H,42,47)(H,43,50)/t27-,28-,29-,31-,32-,33?/m0/s1. The highest BCUT2D eigenvalue weighted by atomic mass is 16.6. The van der Waals surface area contributed by atoms with Crippen LogP contribution in [0.1, 0.15) is 111 Å². The molecule has 0 spiro atoms. The van der Waals surface area contributed by atoms with Gasteiger partial charge in [-0.25, -0.2) is 4.79 Å². The predicted molar refractivity (Wildman–Crippen MR) is 194 cm³/mol. The smallest absolute Gasteiger partial charge is 0.408 e. The second-order valence-corrected chi connectivity index (χ2v) is 16.1. The van der Waals surface area contributed by atoms with Crippen LogP contribution in [-0.4, -0.2) is 83.5 Å². The van der Waals surface area contributed by atoms with Crippen LogP contribution in [0.2, 0.25) is 0 Å². The number of alkyl carbamates (subject to hydrolysis) is 1. The van der Waals surface area contributed by atoms with Gasteiger partial charge in [0.2, 0.25) is 17.7 Å². The minimum atomic E-state index is -1.40. The Balaban J connectivity index is 1.55. The molecule has 13 nitrogen and oxygen atoms in total. The summed E-state index contributed by atoms with van der Waals surface area (Å²) in [6.07, 6.45) is 5.83. The Labute approximate surface area is 308 Å². The maximum absolute atomic E-state index is 14.4. The first kappa shape index (κ1) is 40.6. The second-order valence-electron chi connectivity index (χ2n) is 16.1. The number of hydrogen-bond donors (Lipinski definition) is 4. The molecule has 1 aromatic rings. The monoisotopic (exact) mass is 725 g/mol. The molecule has 2 saturated heterocycles. The minimum Gasteiger partial charge on any atom is -0.450 e. The highest BCUT2D eigenvalue weighted by Crippen LogP contribution is 2.65. The number of hydrogen-bond acceptors (Lipinski definition) is 8. The normalized spacial score (nSPS) is 26.0. The molecular formula is C39H59N5O8. The number of benzene rings is 1. The van der Waals surface area contributed by atoms with E-state index in [2.05, 4.69) is 35.1 Å². The first-order valence-corrected chi connectivity index (χ1v) is 18.9. The Morgan fingerprint density at radius 1 is 0.923 bits per heavy atom. The summed E-state index contributed by atoms with van der Waals surface area (Å²) in [4.78, 5) is 81.7. The fourth-order valence-electron chi connectivity index (χ4n) is 7.69. The van der Waals surface area contributed by atoms with E-state index in [1.807, 2.05) is 30.3 Å². The van der Waals surface area contributed by atoms with Gasteiger partial charge in [-0.15, -0.1) is 0 Å². The van der Waals surface area contributed by atoms with Crippen molar-refractivity contribution < 1.29 is 38.2 Å². The fourth-order valence-corrected chi connectivity index (χ4v) is 7.69. The summed E-state index contributed by atoms with van der Waals surface area (Å²) in [6.45, 7) is 10.9. The van der Waals surface area contributed by atoms with Crippen molar-refractivity contribution >= 4 is 35.7 Å². The lowest BCUT2D eigenvalue weighted by molar-refractivity contribution is -0.157. The Kier molecular flexibility index (Phi) is 14.1. The summed E-state index contributed by atoms with van der Waals surface area (Å²) in [7, 11) is 0. The topological polar surface area (TPSA) is 172 Å². The lowest BCUT2D eigenvalue weighted by Gasteiger charge is -2.35. The summed E-state index contributed by atoms with van der Waals surface area (Å²) >= 11 is 0. The van der Waals surface area contributed by atoms with E-state index in [9.17, 15) is 28.8 Å². The Hall–Kier alpha value is -4.16. The molecule has 3 fully saturated rings. The van der Waals surface area contributed by atoms with Gasteiger partial charge in [-0.3, -0.25) is 24.0 Å². The van der Waals surface area contributed by atoms with Gasteiger partial charge in [-0.05, 0) is 56.4 Å². The molecule has 1 aliphatic carbocycles. The van der Waals surface area contributed by atoms with E-state index < -0.39 is 59.6 Å². The summed E-state index contributed by atoms with van der Waals surface area (Å²) < 4.78 is 11.1. The van der Waals surface area contributed by atoms with Crippen molar-refractivity contribution in [2.24, 2.45) is 17.3 Å². The molecule has 52 heavy (non-hydrogen) atoms. The molecule has 1 unspecified atom stereocenters. The van der Waals surface area contributed by atoms with Gasteiger partial charge in [0.1, 0.15) is 17.7 Å². The average Bonchev–Trinajstić information content (AvgIpc) is 3.37. The third-order valence-electron chi connectivity index (χ3n) is 10.5. The SMILES string of the molecule is CC(=O)OC(C(=O)NCC(=O)NCc1ccccc1)[C@@H]1CCCCCCCCCC[C@H](NC(=O)OC(C)(C)C)C(=O)N2C[C@H]3[C@@H]([C@H]2C(=O)N1)C3(C)C. The molecule has 4 rings (SSSR count). The number of amides is 5. The highest BCUT2D eigenvalue weighted by Gasteiger charge is 2.69. The zero-order chi connectivity index (χ0) is 38.1. The number of nitrogens with zero attached hydrogens (tertiary/aromatic N) is 1. The third kappa shape index (κ3) is 11.4. The van der Waals surface area contributed by atoms with Crippen molar-refractivity contribution in [3.63, 3.8) is 0 Å². The number of fused-ring (bicyclic) bond motifs is 3. The largest absolute Gasteiger partial charge is 0.450 e. The van der Waals surface area contributed by atoms with Gasteiger partial charge in [-0.1, -0.05) is 95.5 Å². The molecule has 3 aliphatic rings. The number of rotatable bonds is 8. The molecule has 6 atom stereocenters. The number of carbonyl (C=O) groups excluding carboxylic acids is 6. The van der Waals surface area contributed by atoms with E-state index in [1.54, 1.807) is 25.7 Å². The fraction of sp³-hybridized carbons (Fsp3) is 0.692. The number of carbonyl (C=O) groups is 6. The van der Waals surface area contributed by atoms with Crippen LogP contribution in [0.5, 0.6) is 0 Å². The van der Waals surface area contributed by atoms with Crippen LogP contribution in [0.25, 0.3) is 0 Å². The first-order chi connectivity index (χ1) is 24.6. The van der Waals surface area contributed by atoms with Gasteiger partial charge in [0.15, 0.2) is 6.10 Å². The van der Waals surface area contributed by atoms with E-state index in [-0.39, 0.29) is 36.2 Å². The van der Waals surface area contributed by atoms with Gasteiger partial charge in [-0.2, -0.15) is 0 Å². The molecule has 288 valence electrons. The summed E-state index contributed by atoms with van der Waals surface area (Å²) in [5.41, 5.74) is -0.0463. The lowest BCUT2D eigenvalue weighted by atomic mass is 9.97. The van der Waals surface area contributed by atoms with E-state index in [4.69, 9.17) is 9.47 Å². The molecule has 5 amide bonds. The van der Waals surface area contributed by atoms with Crippen LogP contribution in [0, 0.1) is 17.3 Å². The molecular weight excluding hydrogens is 666 g/mol. The predicted octanol–water partition coefficient (Wildman–Crippen LogP) is 4.13. The van der Waals surface area contributed by atoms with Crippen molar-refractivity contribution in [3.05, 3.63) is 35.9 Å². The molecule has 13 heteroatoms. The molecule has 1 saturated carbocycles. The zero-order valence-electron chi connectivity index (χ0n) is 31.8. The Morgan fingerprint density at radius 3 is 2.15 bits per heavy atom. The molecule has 0 bridgehead atoms. The van der Waals surface area contributed by atoms with Gasteiger partial charge in [0, 0.05) is 20.0 Å². The van der Waals surface area contributed by atoms with E-state index >= 15 is 0 Å². The van der Waals surface area contributed by atoms with E-state index in [1.165, 1.54) is 6.92 Å². The zero-order valence-corrected chi connectivity index (χ0v) is 31.8. The molecule has 2 aliphatic heterocycles. The number of piperidine rings is 1. The minimum absolute atomic E-state index is 0.0837. The van der Waals surface area contributed by atoms with Gasteiger partial charge in [0.05, 0.1) is 12.6 Å². The number of esters is 1. The van der Waals surface area contributed by atoms with Crippen molar-refractivity contribution in [3.8, 4) is 0 Å². The molecule has 4 N–H and O–H groups in total. The van der Waals surface area contributed by atoms with Gasteiger partial charge >= 0.3 is 12.1 Å². The third-order valence-corrected chi connectivity index (χ3v) is 10.5. The quantitative estimate of drug-likeness (QED) is 0.290. The van der Waals surface area contributed by atoms with Crippen molar-refractivity contribution in [2.75, 3.05) is 13.1 Å². The second kappa shape index (κ2) is 18.1. The average molecular weight is 726 g/mol. The van der Waals surface area contributed by atoms with Gasteiger partial charge < -0.3 is 35.6 Å². The maximum Gasteiger partial charge on any atom is 0.408 e. The summed E-state index contributed by atoms with van der Waals surface area (Å²) in [5.74, 6) is -2.66. The molecule has 2 heterocycles.